The van der Waals surface area contributed by atoms with E-state index >= 15 is 0 Å². The van der Waals surface area contributed by atoms with E-state index in [2.05, 4.69) is 0 Å². The summed E-state index contributed by atoms with van der Waals surface area (Å²) in [7, 11) is 3.33. The maximum Gasteiger partial charge on any atom is 0.125 e. The van der Waals surface area contributed by atoms with Crippen molar-refractivity contribution in [2.75, 3.05) is 14.2 Å². The Kier molecular flexibility index (Phi) is 4.32. The minimum absolute atomic E-state index is 0.155. The second kappa shape index (κ2) is 5.80. The van der Waals surface area contributed by atoms with Crippen LogP contribution in [-0.2, 0) is 6.42 Å². The van der Waals surface area contributed by atoms with Crippen LogP contribution in [0.2, 0.25) is 0 Å². The Labute approximate surface area is 115 Å². The fraction of sp³-hybridized carbons (Fsp3) is 0.600. The molecule has 4 nitrogen and oxygen atoms in total. The highest BCUT2D eigenvalue weighted by Crippen LogP contribution is 2.33. The van der Waals surface area contributed by atoms with Gasteiger partial charge in [-0.2, -0.15) is 0 Å². The quantitative estimate of drug-likeness (QED) is 0.870. The number of hydrogen-bond acceptors (Lipinski definition) is 4. The summed E-state index contributed by atoms with van der Waals surface area (Å²) in [4.78, 5) is 0. The molecule has 0 amide bonds. The van der Waals surface area contributed by atoms with Crippen LogP contribution in [0.25, 0.3) is 0 Å². The van der Waals surface area contributed by atoms with Crippen molar-refractivity contribution in [3.05, 3.63) is 23.8 Å². The highest BCUT2D eigenvalue weighted by molar-refractivity contribution is 5.41. The first-order valence-corrected chi connectivity index (χ1v) is 6.82. The normalized spacial score (nSPS) is 27.1. The summed E-state index contributed by atoms with van der Waals surface area (Å²) in [5.41, 5.74) is 13.4. The molecule has 1 fully saturated rings. The Bertz CT molecular complexity index is 426. The molecule has 0 aliphatic heterocycles. The Hall–Kier alpha value is -1.26. The lowest BCUT2D eigenvalue weighted by molar-refractivity contribution is 0.268. The number of hydrogen-bond donors (Lipinski definition) is 2. The van der Waals surface area contributed by atoms with Crippen molar-refractivity contribution in [2.45, 2.75) is 43.7 Å². The summed E-state index contributed by atoms with van der Waals surface area (Å²) < 4.78 is 10.6. The fourth-order valence-corrected chi connectivity index (χ4v) is 2.77. The van der Waals surface area contributed by atoms with Crippen molar-refractivity contribution < 1.29 is 9.47 Å². The van der Waals surface area contributed by atoms with E-state index in [1.807, 2.05) is 18.2 Å². The van der Waals surface area contributed by atoms with Gasteiger partial charge in [-0.1, -0.05) is 6.07 Å². The van der Waals surface area contributed by atoms with E-state index in [0.29, 0.717) is 6.04 Å². The second-order valence-corrected chi connectivity index (χ2v) is 5.55. The molecule has 4 N–H and O–H groups in total. The van der Waals surface area contributed by atoms with Gasteiger partial charge in [0.05, 0.1) is 14.2 Å². The van der Waals surface area contributed by atoms with Crippen LogP contribution < -0.4 is 20.9 Å². The van der Waals surface area contributed by atoms with Crippen molar-refractivity contribution in [2.24, 2.45) is 11.5 Å². The van der Waals surface area contributed by atoms with Crippen LogP contribution in [0.1, 0.15) is 31.2 Å². The zero-order valence-electron chi connectivity index (χ0n) is 11.8. The lowest BCUT2D eigenvalue weighted by atomic mass is 9.76. The van der Waals surface area contributed by atoms with Gasteiger partial charge in [-0.25, -0.2) is 0 Å². The summed E-state index contributed by atoms with van der Waals surface area (Å²) in [5, 5.41) is 0. The monoisotopic (exact) mass is 264 g/mol. The number of ether oxygens (including phenoxy) is 2. The van der Waals surface area contributed by atoms with Gasteiger partial charge in [-0.05, 0) is 43.7 Å². The van der Waals surface area contributed by atoms with Crippen molar-refractivity contribution in [3.8, 4) is 11.5 Å². The smallest absolute Gasteiger partial charge is 0.125 e. The van der Waals surface area contributed by atoms with Gasteiger partial charge in [0, 0.05) is 17.6 Å². The first kappa shape index (κ1) is 14.2. The zero-order chi connectivity index (χ0) is 13.9. The zero-order valence-corrected chi connectivity index (χ0v) is 11.8. The number of benzene rings is 1. The molecule has 0 atom stereocenters. The van der Waals surface area contributed by atoms with Gasteiger partial charge in [-0.15, -0.1) is 0 Å². The molecular formula is C15H24N2O2. The fourth-order valence-electron chi connectivity index (χ4n) is 2.77. The largest absolute Gasteiger partial charge is 0.497 e. The third-order valence-corrected chi connectivity index (χ3v) is 4.06. The van der Waals surface area contributed by atoms with Gasteiger partial charge >= 0.3 is 0 Å². The third-order valence-electron chi connectivity index (χ3n) is 4.06. The van der Waals surface area contributed by atoms with Crippen molar-refractivity contribution >= 4 is 0 Å². The summed E-state index contributed by atoms with van der Waals surface area (Å²) in [6.45, 7) is 0. The summed E-state index contributed by atoms with van der Waals surface area (Å²) in [5.74, 6) is 1.65. The Morgan fingerprint density at radius 2 is 1.89 bits per heavy atom. The molecule has 1 saturated carbocycles. The second-order valence-electron chi connectivity index (χ2n) is 5.55. The summed E-state index contributed by atoms with van der Waals surface area (Å²) in [6, 6.07) is 6.22. The first-order valence-electron chi connectivity index (χ1n) is 6.82. The van der Waals surface area contributed by atoms with Gasteiger partial charge in [0.25, 0.3) is 0 Å². The maximum atomic E-state index is 6.51. The number of methoxy groups -OCH3 is 2. The average molecular weight is 264 g/mol. The Morgan fingerprint density at radius 1 is 1.21 bits per heavy atom. The Balaban J connectivity index is 2.14. The van der Waals surface area contributed by atoms with E-state index in [0.717, 1.165) is 49.2 Å². The van der Waals surface area contributed by atoms with E-state index in [9.17, 15) is 0 Å². The van der Waals surface area contributed by atoms with Gasteiger partial charge in [-0.3, -0.25) is 0 Å². The van der Waals surface area contributed by atoms with E-state index in [1.165, 1.54) is 0 Å². The molecule has 1 aliphatic rings. The molecule has 4 heteroatoms. The minimum Gasteiger partial charge on any atom is -0.497 e. The molecule has 1 aromatic carbocycles. The van der Waals surface area contributed by atoms with Gasteiger partial charge < -0.3 is 20.9 Å². The van der Waals surface area contributed by atoms with Gasteiger partial charge in [0.15, 0.2) is 0 Å². The topological polar surface area (TPSA) is 70.5 Å². The van der Waals surface area contributed by atoms with Crippen molar-refractivity contribution in [1.82, 2.24) is 0 Å². The highest BCUT2D eigenvalue weighted by atomic mass is 16.5. The van der Waals surface area contributed by atoms with Crippen LogP contribution >= 0.6 is 0 Å². The maximum absolute atomic E-state index is 6.51. The lowest BCUT2D eigenvalue weighted by Gasteiger charge is -2.36. The predicted octanol–water partition coefficient (Wildman–Crippen LogP) is 1.85. The van der Waals surface area contributed by atoms with E-state index in [1.54, 1.807) is 14.2 Å². The molecule has 106 valence electrons. The van der Waals surface area contributed by atoms with Crippen LogP contribution in [0.15, 0.2) is 18.2 Å². The first-order chi connectivity index (χ1) is 9.06. The third kappa shape index (κ3) is 3.39. The van der Waals surface area contributed by atoms with Gasteiger partial charge in [0.1, 0.15) is 11.5 Å². The molecule has 0 saturated heterocycles. The molecule has 2 rings (SSSR count). The van der Waals surface area contributed by atoms with Crippen LogP contribution in [0.5, 0.6) is 11.5 Å². The van der Waals surface area contributed by atoms with Crippen LogP contribution in [-0.4, -0.2) is 25.8 Å². The standard InChI is InChI=1S/C15H24N2O2/c1-18-13-4-3-11(14(9-13)19-2)10-15(17)7-5-12(16)6-8-15/h3-4,9,12H,5-8,10,16-17H2,1-2H3. The predicted molar refractivity (Wildman–Crippen MR) is 76.6 cm³/mol. The van der Waals surface area contributed by atoms with Crippen LogP contribution in [0, 0.1) is 0 Å². The van der Waals surface area contributed by atoms with Crippen LogP contribution in [0.3, 0.4) is 0 Å². The molecular weight excluding hydrogens is 240 g/mol. The minimum atomic E-state index is -0.155. The average Bonchev–Trinajstić information content (AvgIpc) is 2.43. The van der Waals surface area contributed by atoms with Crippen LogP contribution in [0.4, 0.5) is 0 Å². The molecule has 1 aromatic rings. The SMILES string of the molecule is COc1ccc(CC2(N)CCC(N)CC2)c(OC)c1. The highest BCUT2D eigenvalue weighted by Gasteiger charge is 2.31. The molecule has 0 spiro atoms. The lowest BCUT2D eigenvalue weighted by Crippen LogP contribution is -2.47. The van der Waals surface area contributed by atoms with Gasteiger partial charge in [0.2, 0.25) is 0 Å². The molecule has 19 heavy (non-hydrogen) atoms. The molecule has 0 radical (unpaired) electrons. The number of rotatable bonds is 4. The summed E-state index contributed by atoms with van der Waals surface area (Å²) in [6.07, 6.45) is 4.80. The Morgan fingerprint density at radius 3 is 2.47 bits per heavy atom. The van der Waals surface area contributed by atoms with E-state index < -0.39 is 0 Å². The molecule has 0 aromatic heterocycles. The molecule has 0 heterocycles. The van der Waals surface area contributed by atoms with Crippen molar-refractivity contribution in [3.63, 3.8) is 0 Å². The molecule has 0 bridgehead atoms. The van der Waals surface area contributed by atoms with Crippen molar-refractivity contribution in [1.29, 1.82) is 0 Å². The number of nitrogens with two attached hydrogens (primary N) is 2. The molecule has 0 unspecified atom stereocenters. The summed E-state index contributed by atoms with van der Waals surface area (Å²) >= 11 is 0. The van der Waals surface area contributed by atoms with E-state index in [-0.39, 0.29) is 5.54 Å². The molecule has 1 aliphatic carbocycles. The van der Waals surface area contributed by atoms with E-state index in [4.69, 9.17) is 20.9 Å².